The Morgan fingerprint density at radius 2 is 2.05 bits per heavy atom. The standard InChI is InChI=1S/C15H23NO4/c1-11(6-7-12(9-16)15(17)18)10-20-14-5-3-4-13(8-14)19-2/h3-5,8,11-12H,6-7,9-10,16H2,1-2H3,(H,17,18). The van der Waals surface area contributed by atoms with Gasteiger partial charge >= 0.3 is 5.97 Å². The molecule has 1 rings (SSSR count). The molecule has 2 unspecified atom stereocenters. The lowest BCUT2D eigenvalue weighted by Crippen LogP contribution is -2.24. The smallest absolute Gasteiger partial charge is 0.307 e. The molecule has 1 aromatic carbocycles. The third kappa shape index (κ3) is 5.48. The number of nitrogens with two attached hydrogens (primary N) is 1. The van der Waals surface area contributed by atoms with E-state index in [9.17, 15) is 4.79 Å². The summed E-state index contributed by atoms with van der Waals surface area (Å²) in [4.78, 5) is 10.9. The fourth-order valence-corrected chi connectivity index (χ4v) is 1.84. The molecule has 0 radical (unpaired) electrons. The van der Waals surface area contributed by atoms with Crippen LogP contribution in [0.4, 0.5) is 0 Å². The second-order valence-corrected chi connectivity index (χ2v) is 4.94. The fraction of sp³-hybridized carbons (Fsp3) is 0.533. The highest BCUT2D eigenvalue weighted by Gasteiger charge is 2.16. The summed E-state index contributed by atoms with van der Waals surface area (Å²) in [5.74, 6) is 0.492. The van der Waals surface area contributed by atoms with Gasteiger partial charge in [-0.15, -0.1) is 0 Å². The molecular formula is C15H23NO4. The topological polar surface area (TPSA) is 81.8 Å². The molecule has 20 heavy (non-hydrogen) atoms. The molecule has 0 amide bonds. The van der Waals surface area contributed by atoms with Gasteiger partial charge in [-0.2, -0.15) is 0 Å². The minimum absolute atomic E-state index is 0.179. The second-order valence-electron chi connectivity index (χ2n) is 4.94. The van der Waals surface area contributed by atoms with Gasteiger partial charge in [0.2, 0.25) is 0 Å². The lowest BCUT2D eigenvalue weighted by Gasteiger charge is -2.15. The Labute approximate surface area is 119 Å². The predicted molar refractivity (Wildman–Crippen MR) is 77.1 cm³/mol. The van der Waals surface area contributed by atoms with Gasteiger partial charge in [0.15, 0.2) is 0 Å². The number of hydrogen-bond donors (Lipinski definition) is 2. The first-order valence-corrected chi connectivity index (χ1v) is 6.76. The molecule has 3 N–H and O–H groups in total. The van der Waals surface area contributed by atoms with Crippen LogP contribution in [0, 0.1) is 11.8 Å². The molecule has 112 valence electrons. The van der Waals surface area contributed by atoms with Crippen molar-refractivity contribution in [2.45, 2.75) is 19.8 Å². The maximum Gasteiger partial charge on any atom is 0.307 e. The number of carboxylic acid groups (broad SMARTS) is 1. The maximum atomic E-state index is 10.9. The van der Waals surface area contributed by atoms with Crippen molar-refractivity contribution in [3.63, 3.8) is 0 Å². The summed E-state index contributed by atoms with van der Waals surface area (Å²) in [7, 11) is 1.61. The minimum Gasteiger partial charge on any atom is -0.497 e. The van der Waals surface area contributed by atoms with E-state index in [0.717, 1.165) is 17.9 Å². The highest BCUT2D eigenvalue weighted by Crippen LogP contribution is 2.20. The largest absolute Gasteiger partial charge is 0.497 e. The quantitative estimate of drug-likeness (QED) is 0.724. The third-order valence-corrected chi connectivity index (χ3v) is 3.22. The van der Waals surface area contributed by atoms with Gasteiger partial charge in [0.25, 0.3) is 0 Å². The average molecular weight is 281 g/mol. The predicted octanol–water partition coefficient (Wildman–Crippen LogP) is 2.15. The molecule has 0 aliphatic heterocycles. The van der Waals surface area contributed by atoms with E-state index in [1.807, 2.05) is 31.2 Å². The monoisotopic (exact) mass is 281 g/mol. The SMILES string of the molecule is COc1cccc(OCC(C)CCC(CN)C(=O)O)c1. The van der Waals surface area contributed by atoms with Crippen LogP contribution in [0.5, 0.6) is 11.5 Å². The van der Waals surface area contributed by atoms with Crippen LogP contribution < -0.4 is 15.2 Å². The zero-order chi connectivity index (χ0) is 15.0. The van der Waals surface area contributed by atoms with Crippen molar-refractivity contribution in [2.75, 3.05) is 20.3 Å². The molecule has 5 nitrogen and oxygen atoms in total. The van der Waals surface area contributed by atoms with Crippen LogP contribution in [0.25, 0.3) is 0 Å². The van der Waals surface area contributed by atoms with Crippen LogP contribution in [-0.2, 0) is 4.79 Å². The summed E-state index contributed by atoms with van der Waals surface area (Å²) >= 11 is 0. The highest BCUT2D eigenvalue weighted by atomic mass is 16.5. The number of carbonyl (C=O) groups is 1. The molecular weight excluding hydrogens is 258 g/mol. The Hall–Kier alpha value is -1.75. The van der Waals surface area contributed by atoms with Crippen molar-refractivity contribution >= 4 is 5.97 Å². The van der Waals surface area contributed by atoms with Gasteiger partial charge in [0.05, 0.1) is 19.6 Å². The van der Waals surface area contributed by atoms with Gasteiger partial charge in [-0.1, -0.05) is 13.0 Å². The summed E-state index contributed by atoms with van der Waals surface area (Å²) < 4.78 is 10.8. The van der Waals surface area contributed by atoms with Crippen LogP contribution in [0.1, 0.15) is 19.8 Å². The van der Waals surface area contributed by atoms with Crippen molar-refractivity contribution in [1.29, 1.82) is 0 Å². The van der Waals surface area contributed by atoms with Gasteiger partial charge in [0.1, 0.15) is 11.5 Å². The first-order valence-electron chi connectivity index (χ1n) is 6.76. The zero-order valence-corrected chi connectivity index (χ0v) is 12.0. The lowest BCUT2D eigenvalue weighted by molar-refractivity contribution is -0.141. The number of hydrogen-bond acceptors (Lipinski definition) is 4. The maximum absolute atomic E-state index is 10.9. The number of benzene rings is 1. The summed E-state index contributed by atoms with van der Waals surface area (Å²) in [5, 5.41) is 8.93. The normalized spacial score (nSPS) is 13.6. The molecule has 0 heterocycles. The van der Waals surface area contributed by atoms with Crippen molar-refractivity contribution in [2.24, 2.45) is 17.6 Å². The van der Waals surface area contributed by atoms with E-state index < -0.39 is 11.9 Å². The Balaban J connectivity index is 2.35. The second kappa shape index (κ2) is 8.43. The number of methoxy groups -OCH3 is 1. The highest BCUT2D eigenvalue weighted by molar-refractivity contribution is 5.70. The van der Waals surface area contributed by atoms with Crippen LogP contribution in [-0.4, -0.2) is 31.3 Å². The average Bonchev–Trinajstić information content (AvgIpc) is 2.45. The number of ether oxygens (including phenoxy) is 2. The zero-order valence-electron chi connectivity index (χ0n) is 12.0. The molecule has 0 spiro atoms. The molecule has 0 aromatic heterocycles. The van der Waals surface area contributed by atoms with E-state index in [2.05, 4.69) is 0 Å². The van der Waals surface area contributed by atoms with Crippen LogP contribution >= 0.6 is 0 Å². The molecule has 0 aliphatic rings. The molecule has 5 heteroatoms. The Bertz CT molecular complexity index is 422. The lowest BCUT2D eigenvalue weighted by atomic mass is 9.97. The van der Waals surface area contributed by atoms with Crippen molar-refractivity contribution in [1.82, 2.24) is 0 Å². The van der Waals surface area contributed by atoms with Crippen molar-refractivity contribution in [3.05, 3.63) is 24.3 Å². The van der Waals surface area contributed by atoms with Crippen LogP contribution in [0.3, 0.4) is 0 Å². The Kier molecular flexibility index (Phi) is 6.87. The van der Waals surface area contributed by atoms with Gasteiger partial charge in [0, 0.05) is 12.6 Å². The fourth-order valence-electron chi connectivity index (χ4n) is 1.84. The summed E-state index contributed by atoms with van der Waals surface area (Å²) in [6.45, 7) is 2.76. The number of aliphatic carboxylic acids is 1. The van der Waals surface area contributed by atoms with Crippen LogP contribution in [0.2, 0.25) is 0 Å². The first-order chi connectivity index (χ1) is 9.56. The van der Waals surface area contributed by atoms with Crippen molar-refractivity contribution < 1.29 is 19.4 Å². The number of carboxylic acids is 1. The summed E-state index contributed by atoms with van der Waals surface area (Å²) in [6.07, 6.45) is 1.35. The third-order valence-electron chi connectivity index (χ3n) is 3.22. The van der Waals surface area contributed by atoms with Gasteiger partial charge in [-0.05, 0) is 30.9 Å². The van der Waals surface area contributed by atoms with E-state index in [0.29, 0.717) is 13.0 Å². The first kappa shape index (κ1) is 16.3. The van der Waals surface area contributed by atoms with E-state index in [1.165, 1.54) is 0 Å². The molecule has 0 aliphatic carbocycles. The van der Waals surface area contributed by atoms with E-state index >= 15 is 0 Å². The van der Waals surface area contributed by atoms with Crippen molar-refractivity contribution in [3.8, 4) is 11.5 Å². The molecule has 0 saturated heterocycles. The van der Waals surface area contributed by atoms with Crippen LogP contribution in [0.15, 0.2) is 24.3 Å². The van der Waals surface area contributed by atoms with Gasteiger partial charge in [-0.25, -0.2) is 0 Å². The number of rotatable bonds is 9. The Morgan fingerprint density at radius 1 is 1.35 bits per heavy atom. The molecule has 0 saturated carbocycles. The molecule has 2 atom stereocenters. The Morgan fingerprint density at radius 3 is 2.65 bits per heavy atom. The van der Waals surface area contributed by atoms with Gasteiger partial charge < -0.3 is 20.3 Å². The van der Waals surface area contributed by atoms with Gasteiger partial charge in [-0.3, -0.25) is 4.79 Å². The minimum atomic E-state index is -0.826. The molecule has 0 fully saturated rings. The molecule has 0 bridgehead atoms. The summed E-state index contributed by atoms with van der Waals surface area (Å²) in [5.41, 5.74) is 5.43. The van der Waals surface area contributed by atoms with E-state index in [1.54, 1.807) is 7.11 Å². The molecule has 1 aromatic rings. The van der Waals surface area contributed by atoms with E-state index in [4.69, 9.17) is 20.3 Å². The summed E-state index contributed by atoms with van der Waals surface area (Å²) in [6, 6.07) is 7.42. The van der Waals surface area contributed by atoms with E-state index in [-0.39, 0.29) is 12.5 Å².